The van der Waals surface area contributed by atoms with Crippen LogP contribution >= 0.6 is 22.9 Å². The molecule has 0 radical (unpaired) electrons. The van der Waals surface area contributed by atoms with E-state index in [1.165, 1.54) is 23.5 Å². The summed E-state index contributed by atoms with van der Waals surface area (Å²) < 4.78 is 15.7. The fourth-order valence-corrected chi connectivity index (χ4v) is 5.23. The number of anilines is 1. The van der Waals surface area contributed by atoms with Gasteiger partial charge in [0.15, 0.2) is 0 Å². The average molecular weight is 441 g/mol. The first kappa shape index (κ1) is 19.2. The standard InChI is InChI=1S/C22H18ClFN4OS/c1-12-20(25)21(18-8-9-19(23)30-18)27(22(12)29)16-6-7-17-13(10-16)11-26-28(17)15-4-2-14(24)3-5-15/h2-12,20-21H,25H2,1H3/t12-,20+,21?/m1/s1. The van der Waals surface area contributed by atoms with Crippen LogP contribution < -0.4 is 10.6 Å². The van der Waals surface area contributed by atoms with Crippen molar-refractivity contribution in [2.45, 2.75) is 19.0 Å². The Balaban J connectivity index is 1.58. The first-order chi connectivity index (χ1) is 14.4. The number of carbonyl (C=O) groups is 1. The van der Waals surface area contributed by atoms with Crippen molar-refractivity contribution < 1.29 is 9.18 Å². The Labute approximate surface area is 181 Å². The fourth-order valence-electron chi connectivity index (χ4n) is 4.02. The van der Waals surface area contributed by atoms with Crippen LogP contribution in [0.5, 0.6) is 0 Å². The van der Waals surface area contributed by atoms with E-state index in [9.17, 15) is 9.18 Å². The van der Waals surface area contributed by atoms with Gasteiger partial charge in [-0.05, 0) is 54.6 Å². The molecule has 5 rings (SSSR count). The van der Waals surface area contributed by atoms with Crippen LogP contribution in [-0.2, 0) is 4.79 Å². The molecule has 3 heterocycles. The number of amides is 1. The fraction of sp³-hybridized carbons (Fsp3) is 0.182. The van der Waals surface area contributed by atoms with Crippen molar-refractivity contribution in [3.63, 3.8) is 0 Å². The van der Waals surface area contributed by atoms with Crippen LogP contribution in [0.4, 0.5) is 10.1 Å². The predicted molar refractivity (Wildman–Crippen MR) is 118 cm³/mol. The molecule has 4 aromatic rings. The van der Waals surface area contributed by atoms with Gasteiger partial charge in [-0.25, -0.2) is 9.07 Å². The number of hydrogen-bond acceptors (Lipinski definition) is 4. The Kier molecular flexibility index (Phi) is 4.61. The van der Waals surface area contributed by atoms with Crippen molar-refractivity contribution in [1.29, 1.82) is 0 Å². The molecule has 0 aliphatic carbocycles. The molecule has 152 valence electrons. The Bertz CT molecular complexity index is 1250. The summed E-state index contributed by atoms with van der Waals surface area (Å²) in [4.78, 5) is 15.8. The summed E-state index contributed by atoms with van der Waals surface area (Å²) in [6, 6.07) is 15.1. The van der Waals surface area contributed by atoms with E-state index < -0.39 is 0 Å². The van der Waals surface area contributed by atoms with Crippen LogP contribution in [0.15, 0.2) is 60.8 Å². The molecule has 3 atom stereocenters. The predicted octanol–water partition coefficient (Wildman–Crippen LogP) is 4.93. The summed E-state index contributed by atoms with van der Waals surface area (Å²) in [6.07, 6.45) is 1.74. The summed E-state index contributed by atoms with van der Waals surface area (Å²) in [7, 11) is 0. The smallest absolute Gasteiger partial charge is 0.232 e. The molecule has 1 fully saturated rings. The third kappa shape index (κ3) is 3.01. The largest absolute Gasteiger partial charge is 0.325 e. The number of aromatic nitrogens is 2. The second-order valence-electron chi connectivity index (χ2n) is 7.44. The van der Waals surface area contributed by atoms with E-state index in [4.69, 9.17) is 17.3 Å². The summed E-state index contributed by atoms with van der Waals surface area (Å²) >= 11 is 7.58. The van der Waals surface area contributed by atoms with Crippen molar-refractivity contribution in [2.75, 3.05) is 4.90 Å². The second kappa shape index (κ2) is 7.19. The monoisotopic (exact) mass is 440 g/mol. The highest BCUT2D eigenvalue weighted by Gasteiger charge is 2.45. The number of nitrogens with zero attached hydrogens (tertiary/aromatic N) is 3. The van der Waals surface area contributed by atoms with Gasteiger partial charge in [0.1, 0.15) is 5.82 Å². The molecule has 1 aliphatic heterocycles. The van der Waals surface area contributed by atoms with Crippen LogP contribution in [0.25, 0.3) is 16.6 Å². The van der Waals surface area contributed by atoms with Crippen LogP contribution in [0, 0.1) is 11.7 Å². The molecular formula is C22H18ClFN4OS. The van der Waals surface area contributed by atoms with E-state index in [1.54, 1.807) is 27.9 Å². The lowest BCUT2D eigenvalue weighted by atomic mass is 10.0. The molecule has 1 amide bonds. The molecule has 5 nitrogen and oxygen atoms in total. The number of halogens is 2. The van der Waals surface area contributed by atoms with E-state index >= 15 is 0 Å². The van der Waals surface area contributed by atoms with E-state index in [-0.39, 0.29) is 29.7 Å². The Morgan fingerprint density at radius 2 is 1.83 bits per heavy atom. The third-order valence-electron chi connectivity index (χ3n) is 5.63. The molecule has 2 aromatic heterocycles. The maximum Gasteiger partial charge on any atom is 0.232 e. The molecule has 1 unspecified atom stereocenters. The summed E-state index contributed by atoms with van der Waals surface area (Å²) in [5.41, 5.74) is 8.83. The van der Waals surface area contributed by atoms with Gasteiger partial charge < -0.3 is 10.6 Å². The number of fused-ring (bicyclic) bond motifs is 1. The molecule has 0 spiro atoms. The Morgan fingerprint density at radius 3 is 2.53 bits per heavy atom. The van der Waals surface area contributed by atoms with E-state index in [2.05, 4.69) is 5.10 Å². The van der Waals surface area contributed by atoms with E-state index in [0.29, 0.717) is 4.34 Å². The lowest BCUT2D eigenvalue weighted by Crippen LogP contribution is -2.33. The van der Waals surface area contributed by atoms with Crippen molar-refractivity contribution in [3.8, 4) is 5.69 Å². The number of nitrogens with two attached hydrogens (primary N) is 1. The Morgan fingerprint density at radius 1 is 1.10 bits per heavy atom. The first-order valence-corrected chi connectivity index (χ1v) is 10.7. The maximum absolute atomic E-state index is 13.3. The van der Waals surface area contributed by atoms with Crippen molar-refractivity contribution in [3.05, 3.63) is 75.8 Å². The zero-order chi connectivity index (χ0) is 21.0. The molecule has 1 aliphatic rings. The van der Waals surface area contributed by atoms with Gasteiger partial charge >= 0.3 is 0 Å². The van der Waals surface area contributed by atoms with E-state index in [1.807, 2.05) is 37.3 Å². The van der Waals surface area contributed by atoms with Gasteiger partial charge in [-0.2, -0.15) is 5.10 Å². The number of hydrogen-bond donors (Lipinski definition) is 1. The van der Waals surface area contributed by atoms with E-state index in [0.717, 1.165) is 27.2 Å². The molecule has 8 heteroatoms. The number of benzene rings is 2. The van der Waals surface area contributed by atoms with Crippen LogP contribution in [-0.4, -0.2) is 21.7 Å². The highest BCUT2D eigenvalue weighted by Crippen LogP contribution is 2.43. The van der Waals surface area contributed by atoms with Gasteiger partial charge in [-0.15, -0.1) is 11.3 Å². The van der Waals surface area contributed by atoms with Gasteiger partial charge in [0.05, 0.1) is 33.7 Å². The molecule has 2 aromatic carbocycles. The molecular weight excluding hydrogens is 423 g/mol. The lowest BCUT2D eigenvalue weighted by Gasteiger charge is -2.26. The molecule has 0 bridgehead atoms. The molecule has 2 N–H and O–H groups in total. The summed E-state index contributed by atoms with van der Waals surface area (Å²) in [5.74, 6) is -0.606. The minimum absolute atomic E-state index is 0.0118. The number of thiophene rings is 1. The highest BCUT2D eigenvalue weighted by molar-refractivity contribution is 7.16. The average Bonchev–Trinajstić information content (AvgIpc) is 3.41. The minimum atomic E-state index is -0.329. The normalized spacial score (nSPS) is 21.7. The van der Waals surface area contributed by atoms with Gasteiger partial charge in [-0.1, -0.05) is 18.5 Å². The third-order valence-corrected chi connectivity index (χ3v) is 6.94. The van der Waals surface area contributed by atoms with Crippen molar-refractivity contribution in [1.82, 2.24) is 9.78 Å². The summed E-state index contributed by atoms with van der Waals surface area (Å²) in [6.45, 7) is 1.86. The quantitative estimate of drug-likeness (QED) is 0.491. The number of rotatable bonds is 3. The summed E-state index contributed by atoms with van der Waals surface area (Å²) in [5, 5.41) is 5.32. The Hall–Kier alpha value is -2.74. The van der Waals surface area contributed by atoms with Gasteiger partial charge in [0, 0.05) is 22.0 Å². The van der Waals surface area contributed by atoms with Crippen molar-refractivity contribution in [2.24, 2.45) is 11.7 Å². The number of carbonyl (C=O) groups excluding carboxylic acids is 1. The highest BCUT2D eigenvalue weighted by atomic mass is 35.5. The van der Waals surface area contributed by atoms with Crippen molar-refractivity contribution >= 4 is 45.4 Å². The SMILES string of the molecule is C[C@H]1C(=O)N(c2ccc3c(cnn3-c3ccc(F)cc3)c2)C(c2ccc(Cl)s2)[C@H]1N. The molecule has 30 heavy (non-hydrogen) atoms. The van der Waals surface area contributed by atoms with Crippen LogP contribution in [0.3, 0.4) is 0 Å². The topological polar surface area (TPSA) is 64.2 Å². The van der Waals surface area contributed by atoms with Gasteiger partial charge in [-0.3, -0.25) is 4.79 Å². The zero-order valence-corrected chi connectivity index (χ0v) is 17.6. The molecule has 0 saturated carbocycles. The minimum Gasteiger partial charge on any atom is -0.325 e. The lowest BCUT2D eigenvalue weighted by molar-refractivity contribution is -0.120. The molecule has 1 saturated heterocycles. The second-order valence-corrected chi connectivity index (χ2v) is 9.18. The van der Waals surface area contributed by atoms with Gasteiger partial charge in [0.25, 0.3) is 0 Å². The van der Waals surface area contributed by atoms with Gasteiger partial charge in [0.2, 0.25) is 5.91 Å². The van der Waals surface area contributed by atoms with Crippen LogP contribution in [0.2, 0.25) is 4.34 Å². The maximum atomic E-state index is 13.3. The van der Waals surface area contributed by atoms with Crippen LogP contribution in [0.1, 0.15) is 17.8 Å². The first-order valence-electron chi connectivity index (χ1n) is 9.51. The zero-order valence-electron chi connectivity index (χ0n) is 16.0.